The van der Waals surface area contributed by atoms with Crippen LogP contribution in [0.15, 0.2) is 52.0 Å². The largest absolute Gasteiger partial charge is 0.496 e. The SMILES string of the molecule is COc1ccc([N+](=O)[O-])cc1/C=N\NC(=O)CNC(=O)c1ccccc1Br. The summed E-state index contributed by atoms with van der Waals surface area (Å²) < 4.78 is 5.70. The molecule has 2 aromatic carbocycles. The zero-order valence-electron chi connectivity index (χ0n) is 14.1. The minimum Gasteiger partial charge on any atom is -0.496 e. The number of nitro groups is 1. The van der Waals surface area contributed by atoms with Crippen LogP contribution in [0.3, 0.4) is 0 Å². The Morgan fingerprint density at radius 2 is 2.04 bits per heavy atom. The van der Waals surface area contributed by atoms with Crippen molar-refractivity contribution < 1.29 is 19.2 Å². The Labute approximate surface area is 162 Å². The molecule has 0 fully saturated rings. The van der Waals surface area contributed by atoms with Crippen LogP contribution in [0.1, 0.15) is 15.9 Å². The summed E-state index contributed by atoms with van der Waals surface area (Å²) in [5.74, 6) is -0.612. The van der Waals surface area contributed by atoms with Gasteiger partial charge >= 0.3 is 0 Å². The molecule has 2 rings (SSSR count). The molecule has 0 atom stereocenters. The molecule has 0 bridgehead atoms. The lowest BCUT2D eigenvalue weighted by molar-refractivity contribution is -0.384. The summed E-state index contributed by atoms with van der Waals surface area (Å²) in [6.45, 7) is -0.288. The van der Waals surface area contributed by atoms with Gasteiger partial charge in [0.2, 0.25) is 0 Å². The van der Waals surface area contributed by atoms with Crippen LogP contribution >= 0.6 is 15.9 Å². The Bertz CT molecular complexity index is 901. The molecule has 2 aromatic rings. The van der Waals surface area contributed by atoms with E-state index in [1.807, 2.05) is 0 Å². The molecule has 0 aliphatic rings. The van der Waals surface area contributed by atoms with E-state index in [1.165, 1.54) is 31.5 Å². The molecule has 10 heteroatoms. The van der Waals surface area contributed by atoms with Gasteiger partial charge in [0.15, 0.2) is 0 Å². The van der Waals surface area contributed by atoms with Gasteiger partial charge in [-0.25, -0.2) is 5.43 Å². The molecule has 27 heavy (non-hydrogen) atoms. The summed E-state index contributed by atoms with van der Waals surface area (Å²) in [6.07, 6.45) is 1.22. The van der Waals surface area contributed by atoms with Crippen molar-refractivity contribution in [3.05, 3.63) is 68.2 Å². The number of rotatable bonds is 7. The number of carbonyl (C=O) groups excluding carboxylic acids is 2. The first-order valence-corrected chi connectivity index (χ1v) is 8.38. The van der Waals surface area contributed by atoms with E-state index in [0.29, 0.717) is 21.3 Å². The maximum atomic E-state index is 12.0. The van der Waals surface area contributed by atoms with E-state index < -0.39 is 16.7 Å². The third-order valence-electron chi connectivity index (χ3n) is 3.34. The summed E-state index contributed by atoms with van der Waals surface area (Å²) in [5.41, 5.74) is 2.82. The molecule has 9 nitrogen and oxygen atoms in total. The smallest absolute Gasteiger partial charge is 0.270 e. The number of carbonyl (C=O) groups is 2. The lowest BCUT2D eigenvalue weighted by atomic mass is 10.2. The molecule has 0 spiro atoms. The number of nitrogens with one attached hydrogen (secondary N) is 2. The van der Waals surface area contributed by atoms with E-state index >= 15 is 0 Å². The van der Waals surface area contributed by atoms with Gasteiger partial charge in [-0.05, 0) is 34.1 Å². The highest BCUT2D eigenvalue weighted by atomic mass is 79.9. The second-order valence-corrected chi connectivity index (χ2v) is 5.99. The number of hydrogen-bond donors (Lipinski definition) is 2. The molecule has 0 saturated heterocycles. The second-order valence-electron chi connectivity index (χ2n) is 5.14. The predicted octanol–water partition coefficient (Wildman–Crippen LogP) is 2.25. The molecule has 0 aliphatic carbocycles. The second kappa shape index (κ2) is 9.43. The van der Waals surface area contributed by atoms with Crippen molar-refractivity contribution in [2.75, 3.05) is 13.7 Å². The first-order valence-electron chi connectivity index (χ1n) is 7.59. The minimum atomic E-state index is -0.559. The lowest BCUT2D eigenvalue weighted by Crippen LogP contribution is -2.35. The Hall–Kier alpha value is -3.27. The number of hydrazone groups is 1. The van der Waals surface area contributed by atoms with Crippen LogP contribution in [-0.2, 0) is 4.79 Å². The van der Waals surface area contributed by atoms with Crippen molar-refractivity contribution in [1.29, 1.82) is 0 Å². The highest BCUT2D eigenvalue weighted by molar-refractivity contribution is 9.10. The Balaban J connectivity index is 1.93. The average Bonchev–Trinajstić information content (AvgIpc) is 2.66. The highest BCUT2D eigenvalue weighted by Crippen LogP contribution is 2.22. The van der Waals surface area contributed by atoms with Crippen LogP contribution in [-0.4, -0.2) is 36.6 Å². The lowest BCUT2D eigenvalue weighted by Gasteiger charge is -2.06. The average molecular weight is 435 g/mol. The standard InChI is InChI=1S/C17H15BrN4O5/c1-27-15-7-6-12(22(25)26)8-11(15)9-20-21-16(23)10-19-17(24)13-4-2-3-5-14(13)18/h2-9H,10H2,1H3,(H,19,24)(H,21,23)/b20-9-. The van der Waals surface area contributed by atoms with Crippen molar-refractivity contribution in [1.82, 2.24) is 10.7 Å². The molecule has 2 N–H and O–H groups in total. The molecule has 0 heterocycles. The molecule has 0 aromatic heterocycles. The zero-order valence-corrected chi connectivity index (χ0v) is 15.7. The number of nitrogens with zero attached hydrogens (tertiary/aromatic N) is 2. The number of nitro benzene ring substituents is 1. The molecule has 0 radical (unpaired) electrons. The van der Waals surface area contributed by atoms with Gasteiger partial charge in [-0.3, -0.25) is 19.7 Å². The monoisotopic (exact) mass is 434 g/mol. The van der Waals surface area contributed by atoms with Crippen LogP contribution in [0, 0.1) is 10.1 Å². The fraction of sp³-hybridized carbons (Fsp3) is 0.118. The third kappa shape index (κ3) is 5.61. The van der Waals surface area contributed by atoms with Crippen LogP contribution in [0.25, 0.3) is 0 Å². The first-order chi connectivity index (χ1) is 12.9. The summed E-state index contributed by atoms with van der Waals surface area (Å²) in [6, 6.07) is 10.8. The van der Waals surface area contributed by atoms with Crippen LogP contribution in [0.5, 0.6) is 5.75 Å². The fourth-order valence-corrected chi connectivity index (χ4v) is 2.52. The predicted molar refractivity (Wildman–Crippen MR) is 102 cm³/mol. The van der Waals surface area contributed by atoms with Crippen LogP contribution < -0.4 is 15.5 Å². The van der Waals surface area contributed by atoms with E-state index in [9.17, 15) is 19.7 Å². The van der Waals surface area contributed by atoms with Gasteiger partial charge in [0, 0.05) is 22.2 Å². The normalized spacial score (nSPS) is 10.4. The number of non-ortho nitro benzene ring substituents is 1. The maximum Gasteiger partial charge on any atom is 0.270 e. The van der Waals surface area contributed by atoms with Crippen molar-refractivity contribution in [2.24, 2.45) is 5.10 Å². The van der Waals surface area contributed by atoms with E-state index in [0.717, 1.165) is 0 Å². The summed E-state index contributed by atoms with van der Waals surface area (Å²) in [7, 11) is 1.41. The van der Waals surface area contributed by atoms with Crippen molar-refractivity contribution >= 4 is 39.6 Å². The number of amides is 2. The van der Waals surface area contributed by atoms with Gasteiger partial charge in [-0.15, -0.1) is 0 Å². The molecule has 2 amide bonds. The van der Waals surface area contributed by atoms with Gasteiger partial charge in [-0.1, -0.05) is 12.1 Å². The van der Waals surface area contributed by atoms with Gasteiger partial charge in [0.1, 0.15) is 5.75 Å². The van der Waals surface area contributed by atoms with Crippen molar-refractivity contribution in [3.63, 3.8) is 0 Å². The van der Waals surface area contributed by atoms with E-state index in [4.69, 9.17) is 4.74 Å². The highest BCUT2D eigenvalue weighted by Gasteiger charge is 2.11. The van der Waals surface area contributed by atoms with E-state index in [-0.39, 0.29) is 12.2 Å². The fourth-order valence-electron chi connectivity index (χ4n) is 2.05. The Morgan fingerprint density at radius 3 is 2.70 bits per heavy atom. The summed E-state index contributed by atoms with van der Waals surface area (Å²) in [5, 5.41) is 17.0. The van der Waals surface area contributed by atoms with Gasteiger partial charge < -0.3 is 10.1 Å². The number of hydrogen-bond acceptors (Lipinski definition) is 6. The van der Waals surface area contributed by atoms with E-state index in [1.54, 1.807) is 24.3 Å². The number of methoxy groups -OCH3 is 1. The Kier molecular flexibility index (Phi) is 7.00. The molecule has 0 aliphatic heterocycles. The summed E-state index contributed by atoms with van der Waals surface area (Å²) >= 11 is 3.26. The quantitative estimate of drug-likeness (QED) is 0.392. The third-order valence-corrected chi connectivity index (χ3v) is 4.04. The molecule has 0 saturated carbocycles. The maximum absolute atomic E-state index is 12.0. The van der Waals surface area contributed by atoms with Crippen molar-refractivity contribution in [3.8, 4) is 5.75 Å². The molecular weight excluding hydrogens is 420 g/mol. The van der Waals surface area contributed by atoms with Gasteiger partial charge in [0.05, 0.1) is 30.4 Å². The topological polar surface area (TPSA) is 123 Å². The van der Waals surface area contributed by atoms with Gasteiger partial charge in [-0.2, -0.15) is 5.10 Å². The molecule has 140 valence electrons. The zero-order chi connectivity index (χ0) is 19.8. The van der Waals surface area contributed by atoms with Crippen LogP contribution in [0.2, 0.25) is 0 Å². The molecular formula is C17H15BrN4O5. The van der Waals surface area contributed by atoms with E-state index in [2.05, 4.69) is 31.8 Å². The summed E-state index contributed by atoms with van der Waals surface area (Å²) in [4.78, 5) is 34.1. The van der Waals surface area contributed by atoms with Crippen LogP contribution in [0.4, 0.5) is 5.69 Å². The van der Waals surface area contributed by atoms with Crippen molar-refractivity contribution in [2.45, 2.75) is 0 Å². The number of ether oxygens (including phenoxy) is 1. The number of halogens is 1. The van der Waals surface area contributed by atoms with Gasteiger partial charge in [0.25, 0.3) is 17.5 Å². The first kappa shape index (κ1) is 20.0. The number of benzene rings is 2. The molecule has 0 unspecified atom stereocenters. The Morgan fingerprint density at radius 1 is 1.30 bits per heavy atom. The minimum absolute atomic E-state index is 0.135.